The summed E-state index contributed by atoms with van der Waals surface area (Å²) in [4.78, 5) is 43.7. The minimum absolute atomic E-state index is 0.829. The molecule has 12 aromatic heterocycles. The van der Waals surface area contributed by atoms with Crippen molar-refractivity contribution in [3.63, 3.8) is 0 Å². The van der Waals surface area contributed by atoms with Crippen molar-refractivity contribution in [1.29, 1.82) is 0 Å². The summed E-state index contributed by atoms with van der Waals surface area (Å²) in [6.45, 7) is 2.15. The molecule has 0 spiro atoms. The second kappa shape index (κ2) is 34.8. The molecular formula is C126H82N12. The van der Waals surface area contributed by atoms with Gasteiger partial charge in [0.25, 0.3) is 0 Å². The molecule has 12 nitrogen and oxygen atoms in total. The van der Waals surface area contributed by atoms with E-state index in [1.807, 2.05) is 98.0 Å². The van der Waals surface area contributed by atoms with Crippen molar-refractivity contribution in [2.24, 2.45) is 0 Å². The highest BCUT2D eigenvalue weighted by molar-refractivity contribution is 6.17. The summed E-state index contributed by atoms with van der Waals surface area (Å²) in [5.74, 6) is 0. The number of rotatable bonds is 13. The van der Waals surface area contributed by atoms with E-state index in [1.165, 1.54) is 86.7 Å². The predicted molar refractivity (Wildman–Crippen MR) is 569 cm³/mol. The molecule has 0 saturated carbocycles. The lowest BCUT2D eigenvalue weighted by molar-refractivity contribution is 1.13. The van der Waals surface area contributed by atoms with E-state index >= 15 is 0 Å². The van der Waals surface area contributed by atoms with Crippen molar-refractivity contribution in [3.8, 4) is 130 Å². The summed E-state index contributed by atoms with van der Waals surface area (Å²) >= 11 is 0. The zero-order valence-electron chi connectivity index (χ0n) is 75.0. The molecule has 0 saturated heterocycles. The first-order chi connectivity index (χ1) is 68.3. The van der Waals surface area contributed by atoms with Gasteiger partial charge in [-0.05, 0) is 275 Å². The SMILES string of the molecule is Cc1cccc2cc(-c3cc(-c4cccc(-n5c6ccccc6c6ncccc65)c4)cc(-c4ccccn4)n3)ccc12.c1ccc(-c2cc(-c3cc4ccccc4c4ccccc34)cc(-c3ccc(-n4c5ccccc5c5ccncc54)cc3)n2)nc1.c1ccc(-c2ccc(-c3cc(-c4cc5ccccc5c5ccccc45)cc(-c4ccc(-n5c6ccccc6c6cccnc65)cc4)n3)nc2)cc1. The average molecular weight is 1760 g/mol. The molecule has 138 heavy (non-hydrogen) atoms. The number of hydrogen-bond acceptors (Lipinski definition) is 9. The summed E-state index contributed by atoms with van der Waals surface area (Å²) in [7, 11) is 0. The van der Waals surface area contributed by atoms with E-state index in [4.69, 9.17) is 29.9 Å². The van der Waals surface area contributed by atoms with E-state index in [0.29, 0.717) is 0 Å². The van der Waals surface area contributed by atoms with Gasteiger partial charge in [-0.1, -0.05) is 267 Å². The first-order valence-electron chi connectivity index (χ1n) is 46.4. The van der Waals surface area contributed by atoms with Crippen LogP contribution in [0.1, 0.15) is 5.56 Å². The summed E-state index contributed by atoms with van der Waals surface area (Å²) in [6, 6.07) is 154. The van der Waals surface area contributed by atoms with Crippen molar-refractivity contribution >= 4 is 120 Å². The highest BCUT2D eigenvalue weighted by atomic mass is 15.0. The van der Waals surface area contributed by atoms with Gasteiger partial charge in [-0.3, -0.25) is 29.5 Å². The number of hydrogen-bond donors (Lipinski definition) is 0. The van der Waals surface area contributed by atoms with E-state index in [0.717, 1.165) is 168 Å². The van der Waals surface area contributed by atoms with Crippen LogP contribution in [0.15, 0.2) is 480 Å². The van der Waals surface area contributed by atoms with Crippen LogP contribution >= 0.6 is 0 Å². The monoisotopic (exact) mass is 1760 g/mol. The standard InChI is InChI=1S/C47H30N4.C41H26N4.C38H26N4/c1-2-11-31(12-3-1)34-22-25-43(49-30-34)45-29-35(42-27-33-13-4-5-14-37(33)38-15-6-7-16-39(38)42)28-44(50-45)32-20-23-36(24-21-32)51-46-19-9-8-17-40(46)41-18-10-26-48-47(41)51;1-2-10-31-28(9-1)23-36(33-12-4-3-11-32(31)33)29-24-38(44-39(25-29)37-14-7-8-21-43-37)27-16-18-30(19-17-27)45-40-15-6-5-13-34(40)35-20-22-42-26-41(35)45;1-25-9-6-11-27-21-28(17-18-31(25)27)34-23-29(24-35(41-34)33-14-4-5-19-39-33)26-10-7-12-30(22-26)42-36-15-3-2-13-32(36)38-37(42)16-8-20-40-38/h1-30H;1-26H;2-24H,1H3. The summed E-state index contributed by atoms with van der Waals surface area (Å²) in [5.41, 5.74) is 31.9. The molecule has 27 rings (SSSR count). The zero-order valence-corrected chi connectivity index (χ0v) is 75.0. The number of fused-ring (bicyclic) bond motifs is 16. The van der Waals surface area contributed by atoms with E-state index < -0.39 is 0 Å². The molecular weight excluding hydrogens is 1680 g/mol. The molecule has 646 valence electrons. The summed E-state index contributed by atoms with van der Waals surface area (Å²) in [5, 5.41) is 18.2. The van der Waals surface area contributed by atoms with Gasteiger partial charge in [0.2, 0.25) is 0 Å². The molecule has 15 aromatic carbocycles. The Balaban J connectivity index is 0.000000110. The molecule has 0 aliphatic heterocycles. The van der Waals surface area contributed by atoms with Gasteiger partial charge in [-0.15, -0.1) is 0 Å². The molecule has 12 heteroatoms. The Morgan fingerprint density at radius 3 is 1.24 bits per heavy atom. The fourth-order valence-electron chi connectivity index (χ4n) is 20.1. The van der Waals surface area contributed by atoms with Crippen molar-refractivity contribution in [1.82, 2.24) is 58.6 Å². The molecule has 12 heterocycles. The maximum absolute atomic E-state index is 5.25. The number of nitrogens with zero attached hydrogens (tertiary/aromatic N) is 12. The number of benzene rings is 15. The maximum Gasteiger partial charge on any atom is 0.145 e. The number of para-hydroxylation sites is 3. The van der Waals surface area contributed by atoms with Crippen molar-refractivity contribution < 1.29 is 0 Å². The van der Waals surface area contributed by atoms with Crippen molar-refractivity contribution in [2.75, 3.05) is 0 Å². The van der Waals surface area contributed by atoms with E-state index in [9.17, 15) is 0 Å². The van der Waals surface area contributed by atoms with Crippen LogP contribution in [-0.4, -0.2) is 58.6 Å². The van der Waals surface area contributed by atoms with E-state index in [-0.39, 0.29) is 0 Å². The topological polar surface area (TPSA) is 131 Å². The van der Waals surface area contributed by atoms with Crippen LogP contribution in [-0.2, 0) is 0 Å². The molecule has 27 aromatic rings. The van der Waals surface area contributed by atoms with Gasteiger partial charge < -0.3 is 9.13 Å². The lowest BCUT2D eigenvalue weighted by atomic mass is 9.92. The molecule has 0 fully saturated rings. The third kappa shape index (κ3) is 14.9. The van der Waals surface area contributed by atoms with Crippen LogP contribution in [0.2, 0.25) is 0 Å². The van der Waals surface area contributed by atoms with E-state index in [2.05, 4.69) is 418 Å². The molecule has 0 aliphatic carbocycles. The highest BCUT2D eigenvalue weighted by Crippen LogP contribution is 2.44. The number of aromatic nitrogens is 12. The minimum atomic E-state index is 0.829. The van der Waals surface area contributed by atoms with Gasteiger partial charge in [0.15, 0.2) is 0 Å². The van der Waals surface area contributed by atoms with Crippen molar-refractivity contribution in [2.45, 2.75) is 6.92 Å². The second-order valence-corrected chi connectivity index (χ2v) is 34.8. The maximum atomic E-state index is 5.25. The van der Waals surface area contributed by atoms with Gasteiger partial charge in [0, 0.05) is 103 Å². The van der Waals surface area contributed by atoms with Gasteiger partial charge >= 0.3 is 0 Å². The summed E-state index contributed by atoms with van der Waals surface area (Å²) < 4.78 is 6.82. The third-order valence-electron chi connectivity index (χ3n) is 26.6. The number of pyridine rings is 9. The van der Waals surface area contributed by atoms with Crippen LogP contribution < -0.4 is 0 Å². The predicted octanol–water partition coefficient (Wildman–Crippen LogP) is 31.7. The van der Waals surface area contributed by atoms with Gasteiger partial charge in [-0.2, -0.15) is 0 Å². The Labute approximate surface area is 794 Å². The van der Waals surface area contributed by atoms with Crippen LogP contribution in [0.3, 0.4) is 0 Å². The van der Waals surface area contributed by atoms with Crippen LogP contribution in [0, 0.1) is 6.92 Å². The molecule has 0 amide bonds. The minimum Gasteiger partial charge on any atom is -0.308 e. The van der Waals surface area contributed by atoms with Crippen LogP contribution in [0.25, 0.3) is 249 Å². The molecule has 0 bridgehead atoms. The summed E-state index contributed by atoms with van der Waals surface area (Å²) in [6.07, 6.45) is 13.1. The lowest BCUT2D eigenvalue weighted by Crippen LogP contribution is -1.96. The Hall–Kier alpha value is -18.7. The normalized spacial score (nSPS) is 11.5. The van der Waals surface area contributed by atoms with Gasteiger partial charge in [0.1, 0.15) is 5.65 Å². The zero-order chi connectivity index (χ0) is 91.5. The Morgan fingerprint density at radius 1 is 0.181 bits per heavy atom. The van der Waals surface area contributed by atoms with E-state index in [1.54, 1.807) is 0 Å². The second-order valence-electron chi connectivity index (χ2n) is 34.8. The average Bonchev–Trinajstić information content (AvgIpc) is 1.50. The third-order valence-corrected chi connectivity index (χ3v) is 26.6. The fourth-order valence-corrected chi connectivity index (χ4v) is 20.1. The highest BCUT2D eigenvalue weighted by Gasteiger charge is 2.23. The first-order valence-corrected chi connectivity index (χ1v) is 46.4. The number of aryl methyl sites for hydroxylation is 1. The van der Waals surface area contributed by atoms with Gasteiger partial charge in [0.05, 0.1) is 90.5 Å². The molecule has 0 N–H and O–H groups in total. The lowest BCUT2D eigenvalue weighted by Gasteiger charge is -2.14. The van der Waals surface area contributed by atoms with Crippen molar-refractivity contribution in [3.05, 3.63) is 486 Å². The molecule has 0 unspecified atom stereocenters. The molecule has 0 atom stereocenters. The smallest absolute Gasteiger partial charge is 0.145 e. The van der Waals surface area contributed by atoms with Crippen LogP contribution in [0.4, 0.5) is 0 Å². The fraction of sp³-hybridized carbons (Fsp3) is 0.00794. The first kappa shape index (κ1) is 81.4. The molecule has 0 radical (unpaired) electrons. The van der Waals surface area contributed by atoms with Gasteiger partial charge in [-0.25, -0.2) is 19.9 Å². The Bertz CT molecular complexity index is 9240. The molecule has 0 aliphatic rings. The largest absolute Gasteiger partial charge is 0.308 e. The quantitative estimate of drug-likeness (QED) is 0.104. The Morgan fingerprint density at radius 2 is 0.616 bits per heavy atom. The van der Waals surface area contributed by atoms with Crippen LogP contribution in [0.5, 0.6) is 0 Å². The Kier molecular flexibility index (Phi) is 20.5.